The first-order valence-electron chi connectivity index (χ1n) is 9.26. The molecule has 0 aliphatic rings. The zero-order valence-corrected chi connectivity index (χ0v) is 16.9. The van der Waals surface area contributed by atoms with Gasteiger partial charge in [0.1, 0.15) is 24.2 Å². The van der Waals surface area contributed by atoms with E-state index in [4.69, 9.17) is 16.3 Å². The van der Waals surface area contributed by atoms with Crippen LogP contribution in [0, 0.1) is 17.1 Å². The van der Waals surface area contributed by atoms with Crippen LogP contribution in [0.15, 0.2) is 66.7 Å². The average Bonchev–Trinajstić information content (AvgIpc) is 3.09. The van der Waals surface area contributed by atoms with Gasteiger partial charge in [-0.15, -0.1) is 0 Å². The Labute approximate surface area is 178 Å². The van der Waals surface area contributed by atoms with E-state index in [2.05, 4.69) is 11.1 Å². The van der Waals surface area contributed by atoms with E-state index in [1.165, 1.54) is 6.07 Å². The maximum absolute atomic E-state index is 13.9. The van der Waals surface area contributed by atoms with Gasteiger partial charge < -0.3 is 9.30 Å². The normalized spacial score (nSPS) is 11.5. The van der Waals surface area contributed by atoms with Crippen LogP contribution in [0.5, 0.6) is 5.75 Å². The van der Waals surface area contributed by atoms with Gasteiger partial charge in [0.25, 0.3) is 0 Å². The molecule has 0 saturated heterocycles. The smallest absolute Gasteiger partial charge is 0.151 e. The van der Waals surface area contributed by atoms with E-state index in [9.17, 15) is 9.65 Å². The molecule has 6 heteroatoms. The van der Waals surface area contributed by atoms with E-state index >= 15 is 0 Å². The lowest BCUT2D eigenvalue weighted by Gasteiger charge is -2.09. The first-order chi connectivity index (χ1) is 14.6. The second-order valence-electron chi connectivity index (χ2n) is 6.71. The van der Waals surface area contributed by atoms with Gasteiger partial charge in [-0.05, 0) is 48.0 Å². The average molecular weight is 418 g/mol. The van der Waals surface area contributed by atoms with Crippen LogP contribution in [0.4, 0.5) is 4.39 Å². The Morgan fingerprint density at radius 2 is 1.90 bits per heavy atom. The molecule has 4 nitrogen and oxygen atoms in total. The summed E-state index contributed by atoms with van der Waals surface area (Å²) < 4.78 is 21.4. The highest BCUT2D eigenvalue weighted by Crippen LogP contribution is 2.24. The molecular weight excluding hydrogens is 401 g/mol. The van der Waals surface area contributed by atoms with Gasteiger partial charge in [0.05, 0.1) is 21.6 Å². The molecule has 0 aliphatic heterocycles. The Morgan fingerprint density at radius 3 is 2.60 bits per heavy atom. The van der Waals surface area contributed by atoms with Crippen molar-refractivity contribution >= 4 is 34.3 Å². The van der Waals surface area contributed by atoms with Gasteiger partial charge in [0.15, 0.2) is 5.82 Å². The molecule has 0 atom stereocenters. The molecule has 4 aromatic rings. The van der Waals surface area contributed by atoms with Crippen molar-refractivity contribution in [3.8, 4) is 11.8 Å². The van der Waals surface area contributed by atoms with Gasteiger partial charge in [-0.25, -0.2) is 9.37 Å². The number of halogens is 2. The summed E-state index contributed by atoms with van der Waals surface area (Å²) in [6.45, 7) is 0.0317. The molecule has 0 spiro atoms. The predicted molar refractivity (Wildman–Crippen MR) is 116 cm³/mol. The van der Waals surface area contributed by atoms with E-state index in [0.29, 0.717) is 27.7 Å². The van der Waals surface area contributed by atoms with Gasteiger partial charge in [-0.2, -0.15) is 5.26 Å². The van der Waals surface area contributed by atoms with Gasteiger partial charge in [-0.1, -0.05) is 41.9 Å². The first kappa shape index (κ1) is 19.7. The molecule has 148 valence electrons. The third kappa shape index (κ3) is 3.91. The summed E-state index contributed by atoms with van der Waals surface area (Å²) >= 11 is 6.03. The van der Waals surface area contributed by atoms with Crippen LogP contribution in [-0.4, -0.2) is 9.55 Å². The molecule has 1 aromatic heterocycles. The van der Waals surface area contributed by atoms with Crippen molar-refractivity contribution in [2.45, 2.75) is 6.61 Å². The molecule has 0 fully saturated rings. The molecule has 0 unspecified atom stereocenters. The highest BCUT2D eigenvalue weighted by Gasteiger charge is 2.12. The number of rotatable bonds is 5. The standard InChI is InChI=1S/C24H17ClFN3O/c1-29-23-8-3-2-7-22(23)28-24(29)17(14-27)13-16-9-11-18(12-10-16)30-15-19-20(25)5-4-6-21(19)26/h2-13H,15H2,1H3. The summed E-state index contributed by atoms with van der Waals surface area (Å²) in [6.07, 6.45) is 1.78. The quantitative estimate of drug-likeness (QED) is 0.374. The number of aromatic nitrogens is 2. The van der Waals surface area contributed by atoms with Gasteiger partial charge in [0.2, 0.25) is 0 Å². The molecule has 1 heterocycles. The number of nitriles is 1. The van der Waals surface area contributed by atoms with Crippen molar-refractivity contribution in [2.24, 2.45) is 7.05 Å². The molecule has 0 bridgehead atoms. The molecule has 0 saturated carbocycles. The number of imidazole rings is 1. The Kier molecular flexibility index (Phi) is 5.51. The fraction of sp³-hybridized carbons (Fsp3) is 0.0833. The predicted octanol–water partition coefficient (Wildman–Crippen LogP) is 6.01. The van der Waals surface area contributed by atoms with Crippen LogP contribution >= 0.6 is 11.6 Å². The van der Waals surface area contributed by atoms with Crippen LogP contribution in [0.1, 0.15) is 17.0 Å². The molecule has 3 aromatic carbocycles. The molecule has 0 N–H and O–H groups in total. The monoisotopic (exact) mass is 417 g/mol. The summed E-state index contributed by atoms with van der Waals surface area (Å²) in [6, 6.07) is 21.7. The van der Waals surface area contributed by atoms with E-state index in [1.54, 1.807) is 30.3 Å². The zero-order chi connectivity index (χ0) is 21.1. The topological polar surface area (TPSA) is 50.8 Å². The number of hydrogen-bond donors (Lipinski definition) is 0. The summed E-state index contributed by atoms with van der Waals surface area (Å²) in [7, 11) is 1.89. The number of ether oxygens (including phenoxy) is 1. The molecule has 4 rings (SSSR count). The summed E-state index contributed by atoms with van der Waals surface area (Å²) in [5.74, 6) is 0.782. The zero-order valence-electron chi connectivity index (χ0n) is 16.1. The molecule has 0 aliphatic carbocycles. The van der Waals surface area contributed by atoms with Gasteiger partial charge >= 0.3 is 0 Å². The first-order valence-corrected chi connectivity index (χ1v) is 9.64. The fourth-order valence-electron chi connectivity index (χ4n) is 3.19. The molecular formula is C24H17ClFN3O. The SMILES string of the molecule is Cn1c(C(C#N)=Cc2ccc(OCc3c(F)cccc3Cl)cc2)nc2ccccc21. The Balaban J connectivity index is 1.55. The van der Waals surface area contributed by atoms with E-state index in [1.807, 2.05) is 48.0 Å². The Bertz CT molecular complexity index is 1270. The van der Waals surface area contributed by atoms with E-state index in [0.717, 1.165) is 16.6 Å². The summed E-state index contributed by atoms with van der Waals surface area (Å²) in [4.78, 5) is 4.58. The Hall–Kier alpha value is -3.62. The van der Waals surface area contributed by atoms with Crippen molar-refractivity contribution in [2.75, 3.05) is 0 Å². The molecule has 0 amide bonds. The lowest BCUT2D eigenvalue weighted by Crippen LogP contribution is -1.99. The summed E-state index contributed by atoms with van der Waals surface area (Å²) in [5, 5.41) is 9.99. The number of benzene rings is 3. The maximum atomic E-state index is 13.9. The largest absolute Gasteiger partial charge is 0.489 e. The van der Waals surface area contributed by atoms with Crippen LogP contribution in [0.2, 0.25) is 5.02 Å². The maximum Gasteiger partial charge on any atom is 0.151 e. The van der Waals surface area contributed by atoms with Crippen molar-refractivity contribution in [1.29, 1.82) is 5.26 Å². The third-order valence-electron chi connectivity index (χ3n) is 4.78. The number of fused-ring (bicyclic) bond motifs is 1. The second-order valence-corrected chi connectivity index (χ2v) is 7.12. The number of allylic oxidation sites excluding steroid dienone is 1. The number of aryl methyl sites for hydroxylation is 1. The molecule has 0 radical (unpaired) electrons. The lowest BCUT2D eigenvalue weighted by atomic mass is 10.1. The number of para-hydroxylation sites is 2. The minimum absolute atomic E-state index is 0.0317. The van der Waals surface area contributed by atoms with Crippen LogP contribution < -0.4 is 4.74 Å². The minimum Gasteiger partial charge on any atom is -0.489 e. The second kappa shape index (κ2) is 8.40. The van der Waals surface area contributed by atoms with Crippen molar-refractivity contribution in [1.82, 2.24) is 9.55 Å². The Morgan fingerprint density at radius 1 is 1.13 bits per heavy atom. The fourth-order valence-corrected chi connectivity index (χ4v) is 3.40. The van der Waals surface area contributed by atoms with Crippen molar-refractivity contribution in [3.05, 3.63) is 94.5 Å². The number of nitrogens with zero attached hydrogens (tertiary/aromatic N) is 3. The van der Waals surface area contributed by atoms with Crippen LogP contribution in [0.25, 0.3) is 22.7 Å². The third-order valence-corrected chi connectivity index (χ3v) is 5.14. The number of hydrogen-bond acceptors (Lipinski definition) is 3. The van der Waals surface area contributed by atoms with Gasteiger partial charge in [0, 0.05) is 12.6 Å². The van der Waals surface area contributed by atoms with Crippen LogP contribution in [-0.2, 0) is 13.7 Å². The van der Waals surface area contributed by atoms with E-state index in [-0.39, 0.29) is 6.61 Å². The molecule has 30 heavy (non-hydrogen) atoms. The minimum atomic E-state index is -0.400. The van der Waals surface area contributed by atoms with Gasteiger partial charge in [-0.3, -0.25) is 0 Å². The highest BCUT2D eigenvalue weighted by molar-refractivity contribution is 6.31. The van der Waals surface area contributed by atoms with E-state index < -0.39 is 5.82 Å². The highest BCUT2D eigenvalue weighted by atomic mass is 35.5. The van der Waals surface area contributed by atoms with Crippen LogP contribution in [0.3, 0.4) is 0 Å². The van der Waals surface area contributed by atoms with Crippen molar-refractivity contribution < 1.29 is 9.13 Å². The summed E-state index contributed by atoms with van der Waals surface area (Å²) in [5.41, 5.74) is 3.41. The van der Waals surface area contributed by atoms with Crippen molar-refractivity contribution in [3.63, 3.8) is 0 Å². The lowest BCUT2D eigenvalue weighted by molar-refractivity contribution is 0.300.